The average Bonchev–Trinajstić information content (AvgIpc) is 4.13. The molecule has 8 heterocycles. The SMILES string of the molecule is C=CC(=O)N[C@@H]1CN(c2nc(Nc3cn(CCOCCOCCOc4ccc(CNc5cc(N6CCCC[C@H]6CCO)nc6c(CC)cnn56)cn4)nc3OC)c3ncn(C)c3n2)C[C@H]1F. The number of piperidine rings is 1. The summed E-state index contributed by atoms with van der Waals surface area (Å²) in [6.07, 6.45) is 11.7. The predicted molar refractivity (Wildman–Crippen MR) is 245 cm³/mol. The van der Waals surface area contributed by atoms with Crippen LogP contribution in [0.1, 0.15) is 43.7 Å². The summed E-state index contributed by atoms with van der Waals surface area (Å²) in [5, 5.41) is 28.3. The lowest BCUT2D eigenvalue weighted by atomic mass is 9.99. The van der Waals surface area contributed by atoms with Crippen LogP contribution in [0.4, 0.5) is 33.5 Å². The molecule has 4 N–H and O–H groups in total. The summed E-state index contributed by atoms with van der Waals surface area (Å²) in [6, 6.07) is 5.42. The summed E-state index contributed by atoms with van der Waals surface area (Å²) in [4.78, 5) is 39.2. The Hall–Kier alpha value is -6.65. The summed E-state index contributed by atoms with van der Waals surface area (Å²) in [6.45, 7) is 9.65. The third kappa shape index (κ3) is 10.7. The molecule has 21 nitrogen and oxygen atoms in total. The number of alkyl halides is 1. The smallest absolute Gasteiger partial charge is 0.256 e. The zero-order valence-corrected chi connectivity index (χ0v) is 37.6. The van der Waals surface area contributed by atoms with Gasteiger partial charge in [-0.05, 0) is 43.7 Å². The molecule has 2 aliphatic rings. The number of nitrogens with one attached hydrogen (secondary N) is 3. The van der Waals surface area contributed by atoms with Crippen molar-refractivity contribution in [1.82, 2.24) is 54.2 Å². The second-order valence-corrected chi connectivity index (χ2v) is 16.1. The van der Waals surface area contributed by atoms with E-state index in [1.54, 1.807) is 32.9 Å². The van der Waals surface area contributed by atoms with Crippen LogP contribution in [-0.4, -0.2) is 145 Å². The highest BCUT2D eigenvalue weighted by Crippen LogP contribution is 2.32. The van der Waals surface area contributed by atoms with E-state index in [4.69, 9.17) is 28.9 Å². The van der Waals surface area contributed by atoms with Crippen LogP contribution < -0.4 is 35.2 Å². The van der Waals surface area contributed by atoms with Crippen molar-refractivity contribution in [2.45, 2.75) is 70.4 Å². The largest absolute Gasteiger partial charge is 0.478 e. The zero-order valence-electron chi connectivity index (χ0n) is 37.6. The summed E-state index contributed by atoms with van der Waals surface area (Å²) in [7, 11) is 3.33. The number of aliphatic hydroxyl groups excluding tert-OH is 1. The molecule has 2 saturated heterocycles. The Labute approximate surface area is 381 Å². The number of pyridine rings is 1. The third-order valence-electron chi connectivity index (χ3n) is 11.6. The van der Waals surface area contributed by atoms with Crippen LogP contribution in [0.25, 0.3) is 16.8 Å². The van der Waals surface area contributed by atoms with E-state index in [0.717, 1.165) is 73.1 Å². The highest BCUT2D eigenvalue weighted by atomic mass is 19.1. The van der Waals surface area contributed by atoms with E-state index in [1.807, 2.05) is 29.9 Å². The van der Waals surface area contributed by atoms with Gasteiger partial charge in [-0.15, -0.1) is 5.10 Å². The fraction of sp³-hybridized carbons (Fsp3) is 0.500. The number of hydrogen-bond donors (Lipinski definition) is 4. The molecule has 66 heavy (non-hydrogen) atoms. The van der Waals surface area contributed by atoms with E-state index < -0.39 is 18.1 Å². The molecule has 0 radical (unpaired) electrons. The van der Waals surface area contributed by atoms with Crippen LogP contribution in [0.15, 0.2) is 55.8 Å². The van der Waals surface area contributed by atoms with E-state index in [0.29, 0.717) is 80.6 Å². The van der Waals surface area contributed by atoms with Crippen LogP contribution in [-0.2, 0) is 40.8 Å². The van der Waals surface area contributed by atoms with E-state index >= 15 is 0 Å². The molecule has 3 atom stereocenters. The number of carbonyl (C=O) groups is 1. The number of halogens is 1. The van der Waals surface area contributed by atoms with Crippen molar-refractivity contribution < 1.29 is 33.2 Å². The van der Waals surface area contributed by atoms with Gasteiger partial charge >= 0.3 is 0 Å². The number of methoxy groups -OCH3 is 1. The average molecular weight is 912 g/mol. The number of amides is 1. The molecular formula is C44H58FN15O6. The number of nitrogens with zero attached hydrogens (tertiary/aromatic N) is 12. The fourth-order valence-electron chi connectivity index (χ4n) is 8.16. The van der Waals surface area contributed by atoms with Crippen LogP contribution in [0.3, 0.4) is 0 Å². The topological polar surface area (TPSA) is 221 Å². The normalized spacial score (nSPS) is 17.4. The Morgan fingerprint density at radius 2 is 1.89 bits per heavy atom. The molecule has 0 unspecified atom stereocenters. The number of fused-ring (bicyclic) bond motifs is 2. The standard InChI is InChI=1S/C44H58FN15O6/c1-5-30-24-49-60-35(21-36(52-41(30)60)59-13-8-7-9-31(59)12-15-61)46-22-29-10-11-38(47-23-29)66-20-19-65-18-17-64-16-14-58-27-34(43(55-58)63-4)51-40-39-42(56(3)28-48-39)54-44(53-40)57-25-32(45)33(26-57)50-37(62)6-2/h6,10-11,21,23-24,27-28,31-33,46,61H,2,5,7-9,12-20,22,25-26H2,1,3-4H3,(H,50,62)(H,51,53,54)/t31-,32+,33+/m0/s1. The summed E-state index contributed by atoms with van der Waals surface area (Å²) < 4.78 is 43.1. The quantitative estimate of drug-likeness (QED) is 0.0533. The lowest BCUT2D eigenvalue weighted by Crippen LogP contribution is -2.40. The number of ether oxygens (including phenoxy) is 4. The first kappa shape index (κ1) is 45.9. The van der Waals surface area contributed by atoms with Gasteiger partial charge in [0.2, 0.25) is 17.7 Å². The second kappa shape index (κ2) is 21.6. The number of imidazole rings is 1. The van der Waals surface area contributed by atoms with E-state index in [9.17, 15) is 14.3 Å². The minimum atomic E-state index is -1.31. The first-order chi connectivity index (χ1) is 32.2. The summed E-state index contributed by atoms with van der Waals surface area (Å²) in [5.74, 6) is 2.83. The minimum absolute atomic E-state index is 0.0105. The van der Waals surface area contributed by atoms with Crippen molar-refractivity contribution in [1.29, 1.82) is 0 Å². The van der Waals surface area contributed by atoms with Gasteiger partial charge in [0.1, 0.15) is 30.1 Å². The minimum Gasteiger partial charge on any atom is -0.478 e. The molecule has 22 heteroatoms. The molecule has 0 aliphatic carbocycles. The van der Waals surface area contributed by atoms with Crippen molar-refractivity contribution in [2.24, 2.45) is 7.05 Å². The first-order valence-electron chi connectivity index (χ1n) is 22.4. The lowest BCUT2D eigenvalue weighted by Gasteiger charge is -2.36. The van der Waals surface area contributed by atoms with Gasteiger partial charge in [-0.3, -0.25) is 9.48 Å². The molecule has 352 valence electrons. The van der Waals surface area contributed by atoms with Gasteiger partial charge in [0.05, 0.1) is 71.4 Å². The summed E-state index contributed by atoms with van der Waals surface area (Å²) >= 11 is 0. The van der Waals surface area contributed by atoms with Crippen molar-refractivity contribution in [3.63, 3.8) is 0 Å². The number of rotatable bonds is 23. The lowest BCUT2D eigenvalue weighted by molar-refractivity contribution is -0.117. The fourth-order valence-corrected chi connectivity index (χ4v) is 8.16. The molecule has 2 aliphatic heterocycles. The van der Waals surface area contributed by atoms with Crippen molar-refractivity contribution in [3.8, 4) is 11.8 Å². The van der Waals surface area contributed by atoms with Crippen LogP contribution in [0.2, 0.25) is 0 Å². The maximum Gasteiger partial charge on any atom is 0.256 e. The molecule has 0 spiro atoms. The Bertz CT molecular complexity index is 2560. The van der Waals surface area contributed by atoms with Gasteiger partial charge < -0.3 is 54.4 Å². The third-order valence-corrected chi connectivity index (χ3v) is 11.6. The highest BCUT2D eigenvalue weighted by Gasteiger charge is 2.36. The van der Waals surface area contributed by atoms with Gasteiger partial charge in [-0.2, -0.15) is 19.6 Å². The van der Waals surface area contributed by atoms with Crippen LogP contribution in [0, 0.1) is 0 Å². The van der Waals surface area contributed by atoms with Crippen molar-refractivity contribution in [3.05, 3.63) is 66.9 Å². The Morgan fingerprint density at radius 3 is 2.68 bits per heavy atom. The van der Waals surface area contributed by atoms with Crippen LogP contribution in [0.5, 0.6) is 11.8 Å². The Balaban J connectivity index is 0.763. The number of hydrogen-bond acceptors (Lipinski definition) is 17. The molecule has 1 amide bonds. The van der Waals surface area contributed by atoms with Gasteiger partial charge in [0.25, 0.3) is 5.88 Å². The van der Waals surface area contributed by atoms with Gasteiger partial charge in [-0.25, -0.2) is 19.3 Å². The molecular weight excluding hydrogens is 854 g/mol. The number of carbonyl (C=O) groups excluding carboxylic acids is 1. The summed E-state index contributed by atoms with van der Waals surface area (Å²) in [5.41, 5.74) is 4.51. The van der Waals surface area contributed by atoms with Gasteiger partial charge in [0, 0.05) is 63.2 Å². The maximum absolute atomic E-state index is 14.9. The van der Waals surface area contributed by atoms with Gasteiger partial charge in [0.15, 0.2) is 22.6 Å². The number of anilines is 5. The monoisotopic (exact) mass is 911 g/mol. The molecule has 6 aromatic rings. The van der Waals surface area contributed by atoms with Crippen molar-refractivity contribution in [2.75, 3.05) is 86.8 Å². The predicted octanol–water partition coefficient (Wildman–Crippen LogP) is 3.61. The Morgan fingerprint density at radius 1 is 1.05 bits per heavy atom. The van der Waals surface area contributed by atoms with Crippen molar-refractivity contribution >= 4 is 51.8 Å². The van der Waals surface area contributed by atoms with Gasteiger partial charge in [-0.1, -0.05) is 19.6 Å². The molecule has 2 fully saturated rings. The molecule has 6 aromatic heterocycles. The molecule has 0 aromatic carbocycles. The number of aliphatic hydroxyl groups is 1. The van der Waals surface area contributed by atoms with E-state index in [2.05, 4.69) is 65.6 Å². The highest BCUT2D eigenvalue weighted by molar-refractivity contribution is 5.88. The Kier molecular flexibility index (Phi) is 15.0. The molecule has 0 bridgehead atoms. The van der Waals surface area contributed by atoms with E-state index in [-0.39, 0.29) is 31.7 Å². The van der Waals surface area contributed by atoms with Crippen LogP contribution >= 0.6 is 0 Å². The zero-order chi connectivity index (χ0) is 46.0. The number of aryl methyl sites for hydroxylation is 2. The first-order valence-corrected chi connectivity index (χ1v) is 22.4. The molecule has 8 rings (SSSR count). The second-order valence-electron chi connectivity index (χ2n) is 16.1. The van der Waals surface area contributed by atoms with E-state index in [1.165, 1.54) is 7.11 Å². The number of aromatic nitrogens is 10. The maximum atomic E-state index is 14.9. The molecule has 0 saturated carbocycles.